The van der Waals surface area contributed by atoms with Crippen molar-refractivity contribution in [3.63, 3.8) is 0 Å². The van der Waals surface area contributed by atoms with Crippen molar-refractivity contribution in [1.82, 2.24) is 4.98 Å². The third-order valence-electron chi connectivity index (χ3n) is 3.57. The molecule has 6 nitrogen and oxygen atoms in total. The minimum atomic E-state index is -1.06. The highest BCUT2D eigenvalue weighted by Crippen LogP contribution is 2.39. The molecule has 1 aromatic carbocycles. The number of benzene rings is 1. The van der Waals surface area contributed by atoms with Crippen molar-refractivity contribution in [3.8, 4) is 5.75 Å². The van der Waals surface area contributed by atoms with Crippen LogP contribution in [0.4, 0.5) is 11.5 Å². The summed E-state index contributed by atoms with van der Waals surface area (Å²) in [5.41, 5.74) is -0.588. The lowest BCUT2D eigenvalue weighted by atomic mass is 10.0. The molecule has 0 saturated carbocycles. The highest BCUT2D eigenvalue weighted by molar-refractivity contribution is 6.31. The summed E-state index contributed by atoms with van der Waals surface area (Å²) in [6, 6.07) is 10.2. The van der Waals surface area contributed by atoms with Crippen LogP contribution < -0.4 is 15.0 Å². The van der Waals surface area contributed by atoms with E-state index in [1.54, 1.807) is 56.4 Å². The smallest absolute Gasteiger partial charge is 0.271 e. The summed E-state index contributed by atoms with van der Waals surface area (Å²) in [6.07, 6.45) is 1.58. The number of nitrogens with zero attached hydrogens (tertiary/aromatic N) is 2. The van der Waals surface area contributed by atoms with Crippen LogP contribution >= 0.6 is 11.6 Å². The second-order valence-corrected chi connectivity index (χ2v) is 6.32. The van der Waals surface area contributed by atoms with Crippen molar-refractivity contribution >= 4 is 34.9 Å². The average Bonchev–Trinajstić information content (AvgIpc) is 2.53. The highest BCUT2D eigenvalue weighted by Gasteiger charge is 2.41. The molecule has 0 aliphatic carbocycles. The second-order valence-electron chi connectivity index (χ2n) is 5.88. The molecule has 24 heavy (non-hydrogen) atoms. The Morgan fingerprint density at radius 3 is 2.83 bits per heavy atom. The number of halogens is 1. The van der Waals surface area contributed by atoms with Gasteiger partial charge in [0.1, 0.15) is 18.1 Å². The quantitative estimate of drug-likeness (QED) is 0.928. The second kappa shape index (κ2) is 6.13. The Hall–Kier alpha value is -2.60. The first-order valence-electron chi connectivity index (χ1n) is 7.38. The molecule has 2 amide bonds. The predicted octanol–water partition coefficient (Wildman–Crippen LogP) is 2.88. The van der Waals surface area contributed by atoms with E-state index < -0.39 is 5.60 Å². The molecule has 2 aromatic rings. The van der Waals surface area contributed by atoms with E-state index in [0.717, 1.165) is 0 Å². The first kappa shape index (κ1) is 16.3. The van der Waals surface area contributed by atoms with E-state index in [0.29, 0.717) is 22.3 Å². The van der Waals surface area contributed by atoms with Crippen molar-refractivity contribution in [2.45, 2.75) is 19.4 Å². The third-order valence-corrected chi connectivity index (χ3v) is 3.81. The Kier molecular flexibility index (Phi) is 4.15. The Balaban J connectivity index is 1.87. The van der Waals surface area contributed by atoms with Crippen molar-refractivity contribution in [3.05, 3.63) is 47.6 Å². The molecule has 0 radical (unpaired) electrons. The molecule has 0 spiro atoms. The first-order chi connectivity index (χ1) is 11.4. The zero-order chi connectivity index (χ0) is 17.3. The molecule has 3 rings (SSSR count). The van der Waals surface area contributed by atoms with Gasteiger partial charge in [0.25, 0.3) is 5.91 Å². The third kappa shape index (κ3) is 3.19. The van der Waals surface area contributed by atoms with Gasteiger partial charge in [-0.1, -0.05) is 17.7 Å². The van der Waals surface area contributed by atoms with E-state index in [1.807, 2.05) is 0 Å². The fourth-order valence-electron chi connectivity index (χ4n) is 2.46. The fourth-order valence-corrected chi connectivity index (χ4v) is 2.63. The maximum Gasteiger partial charge on any atom is 0.271 e. The van der Waals surface area contributed by atoms with E-state index in [9.17, 15) is 9.59 Å². The lowest BCUT2D eigenvalue weighted by Gasteiger charge is -2.38. The van der Waals surface area contributed by atoms with Crippen molar-refractivity contribution in [2.75, 3.05) is 16.8 Å². The predicted molar refractivity (Wildman–Crippen MR) is 91.4 cm³/mol. The van der Waals surface area contributed by atoms with Crippen LogP contribution in [-0.4, -0.2) is 28.9 Å². The summed E-state index contributed by atoms with van der Waals surface area (Å²) >= 11 is 6.02. The minimum Gasteiger partial charge on any atom is -0.476 e. The molecule has 0 bridgehead atoms. The summed E-state index contributed by atoms with van der Waals surface area (Å²) in [4.78, 5) is 30.4. The van der Waals surface area contributed by atoms with Crippen molar-refractivity contribution < 1.29 is 14.3 Å². The molecule has 1 aromatic heterocycles. The Morgan fingerprint density at radius 2 is 2.12 bits per heavy atom. The summed E-state index contributed by atoms with van der Waals surface area (Å²) in [6.45, 7) is 3.17. The van der Waals surface area contributed by atoms with E-state index in [4.69, 9.17) is 16.3 Å². The molecule has 0 saturated heterocycles. The van der Waals surface area contributed by atoms with Gasteiger partial charge in [0.05, 0.1) is 5.69 Å². The van der Waals surface area contributed by atoms with Gasteiger partial charge in [-0.05, 0) is 44.2 Å². The van der Waals surface area contributed by atoms with Crippen molar-refractivity contribution in [1.29, 1.82) is 0 Å². The van der Waals surface area contributed by atoms with Gasteiger partial charge in [0.15, 0.2) is 5.60 Å². The van der Waals surface area contributed by atoms with Gasteiger partial charge < -0.3 is 10.1 Å². The SMILES string of the molecule is CC1(C)Oc2ccc(Cl)cc2N(CC(=O)Nc2ccccn2)C1=O. The molecular formula is C17H16ClN3O3. The molecule has 1 N–H and O–H groups in total. The molecule has 124 valence electrons. The normalized spacial score (nSPS) is 15.5. The number of nitrogens with one attached hydrogen (secondary N) is 1. The Bertz CT molecular complexity index is 793. The molecule has 2 heterocycles. The maximum atomic E-state index is 12.7. The van der Waals surface area contributed by atoms with Crippen LogP contribution in [0.1, 0.15) is 13.8 Å². The standard InChI is InChI=1S/C17H16ClN3O3/c1-17(2)16(23)21(12-9-11(18)6-7-13(12)24-17)10-15(22)20-14-5-3-4-8-19-14/h3-9H,10H2,1-2H3,(H,19,20,22). The minimum absolute atomic E-state index is 0.157. The number of aromatic nitrogens is 1. The zero-order valence-corrected chi connectivity index (χ0v) is 14.0. The van der Waals surface area contributed by atoms with Crippen molar-refractivity contribution in [2.24, 2.45) is 0 Å². The number of hydrogen-bond donors (Lipinski definition) is 1. The number of anilines is 2. The van der Waals surface area contributed by atoms with Crippen LogP contribution in [0.15, 0.2) is 42.6 Å². The van der Waals surface area contributed by atoms with Crippen LogP contribution in [0.2, 0.25) is 5.02 Å². The summed E-state index contributed by atoms with van der Waals surface area (Å²) < 4.78 is 5.72. The van der Waals surface area contributed by atoms with Gasteiger partial charge in [0, 0.05) is 11.2 Å². The van der Waals surface area contributed by atoms with Gasteiger partial charge >= 0.3 is 0 Å². The lowest BCUT2D eigenvalue weighted by Crippen LogP contribution is -2.54. The zero-order valence-electron chi connectivity index (χ0n) is 13.2. The number of rotatable bonds is 3. The summed E-state index contributed by atoms with van der Waals surface area (Å²) in [5.74, 6) is 0.266. The largest absolute Gasteiger partial charge is 0.476 e. The van der Waals surface area contributed by atoms with Gasteiger partial charge in [-0.3, -0.25) is 14.5 Å². The molecular weight excluding hydrogens is 330 g/mol. The van der Waals surface area contributed by atoms with E-state index >= 15 is 0 Å². The van der Waals surface area contributed by atoms with E-state index in [-0.39, 0.29) is 18.4 Å². The molecule has 0 atom stereocenters. The van der Waals surface area contributed by atoms with Gasteiger partial charge in [-0.2, -0.15) is 0 Å². The lowest BCUT2D eigenvalue weighted by molar-refractivity contribution is -0.133. The molecule has 0 fully saturated rings. The first-order valence-corrected chi connectivity index (χ1v) is 7.76. The number of carbonyl (C=O) groups excluding carboxylic acids is 2. The Morgan fingerprint density at radius 1 is 1.33 bits per heavy atom. The Labute approximate surface area is 144 Å². The van der Waals surface area contributed by atoms with E-state index in [2.05, 4.69) is 10.3 Å². The van der Waals surface area contributed by atoms with Gasteiger partial charge in [-0.15, -0.1) is 0 Å². The summed E-state index contributed by atoms with van der Waals surface area (Å²) in [5, 5.41) is 3.12. The van der Waals surface area contributed by atoms with Crippen LogP contribution in [0, 0.1) is 0 Å². The maximum absolute atomic E-state index is 12.7. The average molecular weight is 346 g/mol. The van der Waals surface area contributed by atoms with Crippen LogP contribution in [-0.2, 0) is 9.59 Å². The monoisotopic (exact) mass is 345 g/mol. The van der Waals surface area contributed by atoms with E-state index in [1.165, 1.54) is 4.90 Å². The van der Waals surface area contributed by atoms with Crippen LogP contribution in [0.25, 0.3) is 0 Å². The highest BCUT2D eigenvalue weighted by atomic mass is 35.5. The number of carbonyl (C=O) groups is 2. The van der Waals surface area contributed by atoms with Gasteiger partial charge in [0.2, 0.25) is 5.91 Å². The number of pyridine rings is 1. The van der Waals surface area contributed by atoms with Crippen LogP contribution in [0.3, 0.4) is 0 Å². The number of amides is 2. The number of fused-ring (bicyclic) bond motifs is 1. The molecule has 1 aliphatic rings. The van der Waals surface area contributed by atoms with Gasteiger partial charge in [-0.25, -0.2) is 4.98 Å². The molecule has 7 heteroatoms. The number of hydrogen-bond acceptors (Lipinski definition) is 4. The number of ether oxygens (including phenoxy) is 1. The molecule has 1 aliphatic heterocycles. The fraction of sp³-hybridized carbons (Fsp3) is 0.235. The summed E-state index contributed by atoms with van der Waals surface area (Å²) in [7, 11) is 0. The van der Waals surface area contributed by atoms with Crippen LogP contribution in [0.5, 0.6) is 5.75 Å². The molecule has 0 unspecified atom stereocenters. The topological polar surface area (TPSA) is 71.5 Å².